The molecular weight excluding hydrogens is 556 g/mol. The number of hydrogen-bond donors (Lipinski definition) is 0. The van der Waals surface area contributed by atoms with Gasteiger partial charge in [0.15, 0.2) is 6.29 Å². The third-order valence-electron chi connectivity index (χ3n) is 7.87. The van der Waals surface area contributed by atoms with Gasteiger partial charge in [-0.2, -0.15) is 0 Å². The summed E-state index contributed by atoms with van der Waals surface area (Å²) < 4.78 is 37.3. The van der Waals surface area contributed by atoms with E-state index in [1.54, 1.807) is 0 Å². The molecular formula is C37H48O7. The van der Waals surface area contributed by atoms with Crippen LogP contribution in [0.5, 0.6) is 0 Å². The van der Waals surface area contributed by atoms with Gasteiger partial charge in [-0.3, -0.25) is 4.79 Å². The average Bonchev–Trinajstić information content (AvgIpc) is 3.06. The van der Waals surface area contributed by atoms with Crippen LogP contribution in [0.1, 0.15) is 68.6 Å². The highest BCUT2D eigenvalue weighted by Gasteiger charge is 2.47. The maximum absolute atomic E-state index is 11.3. The van der Waals surface area contributed by atoms with Crippen LogP contribution in [0.25, 0.3) is 0 Å². The van der Waals surface area contributed by atoms with Crippen LogP contribution in [0.4, 0.5) is 0 Å². The Morgan fingerprint density at radius 2 is 1.05 bits per heavy atom. The molecule has 3 aromatic rings. The summed E-state index contributed by atoms with van der Waals surface area (Å²) in [6, 6.07) is 30.4. The molecule has 1 aliphatic rings. The Hall–Kier alpha value is -3.07. The topological polar surface area (TPSA) is 72.5 Å². The first kappa shape index (κ1) is 33.8. The van der Waals surface area contributed by atoms with Crippen molar-refractivity contribution in [2.75, 3.05) is 13.7 Å². The maximum atomic E-state index is 11.3. The Morgan fingerprint density at radius 1 is 0.591 bits per heavy atom. The van der Waals surface area contributed by atoms with Gasteiger partial charge < -0.3 is 28.4 Å². The Labute approximate surface area is 262 Å². The van der Waals surface area contributed by atoms with E-state index in [1.165, 1.54) is 7.11 Å². The summed E-state index contributed by atoms with van der Waals surface area (Å²) >= 11 is 0. The molecule has 0 aromatic heterocycles. The van der Waals surface area contributed by atoms with Gasteiger partial charge in [0, 0.05) is 13.0 Å². The van der Waals surface area contributed by atoms with Gasteiger partial charge in [0.2, 0.25) is 0 Å². The monoisotopic (exact) mass is 604 g/mol. The number of rotatable bonds is 19. The van der Waals surface area contributed by atoms with E-state index in [2.05, 4.69) is 36.4 Å². The quantitative estimate of drug-likeness (QED) is 0.104. The molecule has 5 atom stereocenters. The van der Waals surface area contributed by atoms with E-state index in [-0.39, 0.29) is 18.2 Å². The smallest absolute Gasteiger partial charge is 0.305 e. The molecule has 0 bridgehead atoms. The highest BCUT2D eigenvalue weighted by molar-refractivity contribution is 5.68. The Kier molecular flexibility index (Phi) is 14.9. The molecule has 3 aromatic carbocycles. The number of esters is 1. The fraction of sp³-hybridized carbons (Fsp3) is 0.486. The summed E-state index contributed by atoms with van der Waals surface area (Å²) in [5, 5.41) is 0. The van der Waals surface area contributed by atoms with Crippen LogP contribution in [-0.2, 0) is 53.0 Å². The highest BCUT2D eigenvalue weighted by Crippen LogP contribution is 2.31. The molecule has 1 heterocycles. The van der Waals surface area contributed by atoms with E-state index in [0.717, 1.165) is 55.2 Å². The standard InChI is InChI=1S/C37H48O7/c1-29-34(41-26-30-18-10-7-11-19-30)35(42-27-31-20-12-8-13-21-31)36(43-28-32-22-14-9-15-23-32)37(44-29)40-25-17-6-4-3-5-16-24-33(38)39-2/h7-15,18-23,29,34-37H,3-6,16-17,24-28H2,1-2H3/t29-,34+,35+,36-,37-/m0/s1. The van der Waals surface area contributed by atoms with Crippen molar-refractivity contribution in [2.45, 2.75) is 102 Å². The van der Waals surface area contributed by atoms with Gasteiger partial charge in [0.05, 0.1) is 33.0 Å². The minimum Gasteiger partial charge on any atom is -0.469 e. The molecule has 0 spiro atoms. The molecule has 0 radical (unpaired) electrons. The van der Waals surface area contributed by atoms with Crippen molar-refractivity contribution in [1.29, 1.82) is 0 Å². The normalized spacial score (nSPS) is 21.6. The highest BCUT2D eigenvalue weighted by atomic mass is 16.7. The zero-order chi connectivity index (χ0) is 30.8. The third-order valence-corrected chi connectivity index (χ3v) is 7.87. The molecule has 44 heavy (non-hydrogen) atoms. The maximum Gasteiger partial charge on any atom is 0.305 e. The number of unbranched alkanes of at least 4 members (excludes halogenated alkanes) is 5. The second-order valence-corrected chi connectivity index (χ2v) is 11.3. The second kappa shape index (κ2) is 19.3. The first-order chi connectivity index (χ1) is 21.6. The molecule has 0 N–H and O–H groups in total. The number of ether oxygens (including phenoxy) is 6. The van der Waals surface area contributed by atoms with E-state index in [0.29, 0.717) is 32.8 Å². The lowest BCUT2D eigenvalue weighted by molar-refractivity contribution is -0.320. The summed E-state index contributed by atoms with van der Waals surface area (Å²) in [6.07, 6.45) is 4.42. The van der Waals surface area contributed by atoms with Crippen molar-refractivity contribution in [1.82, 2.24) is 0 Å². The van der Waals surface area contributed by atoms with E-state index in [9.17, 15) is 4.79 Å². The Balaban J connectivity index is 1.40. The second-order valence-electron chi connectivity index (χ2n) is 11.3. The van der Waals surface area contributed by atoms with Gasteiger partial charge in [-0.05, 0) is 36.5 Å². The number of benzene rings is 3. The van der Waals surface area contributed by atoms with Crippen LogP contribution in [0.3, 0.4) is 0 Å². The Morgan fingerprint density at radius 3 is 1.57 bits per heavy atom. The predicted octanol–water partition coefficient (Wildman–Crippen LogP) is 7.41. The molecule has 0 aliphatic carbocycles. The molecule has 0 amide bonds. The molecule has 4 rings (SSSR count). The molecule has 238 valence electrons. The number of methoxy groups -OCH3 is 1. The summed E-state index contributed by atoms with van der Waals surface area (Å²) in [5.74, 6) is -0.136. The van der Waals surface area contributed by atoms with E-state index in [1.807, 2.05) is 61.5 Å². The lowest BCUT2D eigenvalue weighted by atomic mass is 9.98. The predicted molar refractivity (Wildman–Crippen MR) is 170 cm³/mol. The molecule has 1 saturated heterocycles. The SMILES string of the molecule is COC(=O)CCCCCCCCO[C@H]1O[C@@H](C)[C@@H](OCc2ccccc2)[C@@H](OCc2ccccc2)[C@@H]1OCc1ccccc1. The summed E-state index contributed by atoms with van der Waals surface area (Å²) in [7, 11) is 1.44. The van der Waals surface area contributed by atoms with Gasteiger partial charge in [0.1, 0.15) is 18.3 Å². The largest absolute Gasteiger partial charge is 0.469 e. The van der Waals surface area contributed by atoms with Crippen LogP contribution in [0.15, 0.2) is 91.0 Å². The number of hydrogen-bond acceptors (Lipinski definition) is 7. The molecule has 1 fully saturated rings. The summed E-state index contributed by atoms with van der Waals surface area (Å²) in [6.45, 7) is 3.86. The van der Waals surface area contributed by atoms with Gasteiger partial charge in [0.25, 0.3) is 0 Å². The average molecular weight is 605 g/mol. The molecule has 0 unspecified atom stereocenters. The van der Waals surface area contributed by atoms with Crippen molar-refractivity contribution >= 4 is 5.97 Å². The van der Waals surface area contributed by atoms with Gasteiger partial charge in [-0.15, -0.1) is 0 Å². The zero-order valence-corrected chi connectivity index (χ0v) is 26.2. The lowest BCUT2D eigenvalue weighted by Gasteiger charge is -2.45. The molecule has 7 nitrogen and oxygen atoms in total. The van der Waals surface area contributed by atoms with Crippen molar-refractivity contribution < 1.29 is 33.2 Å². The summed E-state index contributed by atoms with van der Waals surface area (Å²) in [4.78, 5) is 11.3. The van der Waals surface area contributed by atoms with Crippen molar-refractivity contribution in [3.05, 3.63) is 108 Å². The van der Waals surface area contributed by atoms with Crippen LogP contribution in [0.2, 0.25) is 0 Å². The third kappa shape index (κ3) is 11.5. The summed E-state index contributed by atoms with van der Waals surface area (Å²) in [5.41, 5.74) is 3.24. The van der Waals surface area contributed by atoms with Crippen LogP contribution >= 0.6 is 0 Å². The van der Waals surface area contributed by atoms with Gasteiger partial charge >= 0.3 is 5.97 Å². The van der Waals surface area contributed by atoms with Crippen LogP contribution in [-0.4, -0.2) is 50.4 Å². The minimum atomic E-state index is -0.592. The van der Waals surface area contributed by atoms with Crippen molar-refractivity contribution in [3.63, 3.8) is 0 Å². The lowest BCUT2D eigenvalue weighted by Crippen LogP contribution is -2.60. The zero-order valence-electron chi connectivity index (χ0n) is 26.2. The molecule has 7 heteroatoms. The fourth-order valence-electron chi connectivity index (χ4n) is 5.38. The van der Waals surface area contributed by atoms with Crippen LogP contribution < -0.4 is 0 Å². The number of carbonyl (C=O) groups excluding carboxylic acids is 1. The van der Waals surface area contributed by atoms with Gasteiger partial charge in [-0.25, -0.2) is 0 Å². The van der Waals surface area contributed by atoms with E-state index < -0.39 is 18.5 Å². The van der Waals surface area contributed by atoms with E-state index in [4.69, 9.17) is 28.4 Å². The minimum absolute atomic E-state index is 0.136. The van der Waals surface area contributed by atoms with Crippen molar-refractivity contribution in [3.8, 4) is 0 Å². The van der Waals surface area contributed by atoms with Gasteiger partial charge in [-0.1, -0.05) is 117 Å². The van der Waals surface area contributed by atoms with Crippen LogP contribution in [0, 0.1) is 0 Å². The Bertz CT molecular complexity index is 1170. The molecule has 0 saturated carbocycles. The van der Waals surface area contributed by atoms with E-state index >= 15 is 0 Å². The molecule has 1 aliphatic heterocycles. The van der Waals surface area contributed by atoms with Crippen molar-refractivity contribution in [2.24, 2.45) is 0 Å². The first-order valence-corrected chi connectivity index (χ1v) is 15.9. The fourth-order valence-corrected chi connectivity index (χ4v) is 5.38. The first-order valence-electron chi connectivity index (χ1n) is 15.9. The number of carbonyl (C=O) groups is 1.